The molecule has 0 unspecified atom stereocenters. The Morgan fingerprint density at radius 3 is 2.59 bits per heavy atom. The van der Waals surface area contributed by atoms with Crippen LogP contribution in [0.1, 0.15) is 37.8 Å². The summed E-state index contributed by atoms with van der Waals surface area (Å²) >= 11 is 3.33. The monoisotopic (exact) mass is 297 g/mol. The third-order valence-electron chi connectivity index (χ3n) is 3.57. The van der Waals surface area contributed by atoms with Crippen LogP contribution >= 0.6 is 15.9 Å². The summed E-state index contributed by atoms with van der Waals surface area (Å²) in [6, 6.07) is 3.82. The van der Waals surface area contributed by atoms with E-state index in [4.69, 9.17) is 0 Å². The second-order valence-electron chi connectivity index (χ2n) is 4.79. The van der Waals surface area contributed by atoms with Gasteiger partial charge in [0.25, 0.3) is 0 Å². The van der Waals surface area contributed by atoms with Crippen LogP contribution in [0.15, 0.2) is 22.8 Å². The predicted octanol–water partition coefficient (Wildman–Crippen LogP) is 3.42. The van der Waals surface area contributed by atoms with E-state index in [1.54, 1.807) is 6.20 Å². The van der Waals surface area contributed by atoms with E-state index in [0.29, 0.717) is 6.42 Å². The molecule has 0 saturated heterocycles. The first-order valence-corrected chi connectivity index (χ1v) is 6.76. The van der Waals surface area contributed by atoms with Gasteiger partial charge in [0, 0.05) is 22.8 Å². The van der Waals surface area contributed by atoms with Crippen LogP contribution in [0.4, 0.5) is 0 Å². The summed E-state index contributed by atoms with van der Waals surface area (Å²) in [5.41, 5.74) is 0.288. The molecule has 17 heavy (non-hydrogen) atoms. The lowest BCUT2D eigenvalue weighted by Crippen LogP contribution is -2.35. The zero-order chi connectivity index (χ0) is 12.3. The van der Waals surface area contributed by atoms with Crippen LogP contribution in [-0.4, -0.2) is 16.1 Å². The first-order valence-electron chi connectivity index (χ1n) is 5.96. The van der Waals surface area contributed by atoms with Crippen LogP contribution in [0.2, 0.25) is 0 Å². The first kappa shape index (κ1) is 12.6. The van der Waals surface area contributed by atoms with Gasteiger partial charge in [-0.2, -0.15) is 0 Å². The van der Waals surface area contributed by atoms with E-state index in [1.807, 2.05) is 12.1 Å². The number of halogens is 1. The van der Waals surface area contributed by atoms with E-state index in [9.17, 15) is 9.90 Å². The van der Waals surface area contributed by atoms with Gasteiger partial charge in [-0.1, -0.05) is 19.3 Å². The highest BCUT2D eigenvalue weighted by molar-refractivity contribution is 9.10. The van der Waals surface area contributed by atoms with Gasteiger partial charge in [-0.3, -0.25) is 9.78 Å². The molecule has 1 aliphatic carbocycles. The van der Waals surface area contributed by atoms with E-state index in [0.717, 1.165) is 42.3 Å². The molecule has 1 aliphatic rings. The lowest BCUT2D eigenvalue weighted by Gasteiger charge is -2.32. The van der Waals surface area contributed by atoms with Crippen molar-refractivity contribution in [2.75, 3.05) is 0 Å². The highest BCUT2D eigenvalue weighted by Gasteiger charge is 2.39. The van der Waals surface area contributed by atoms with Gasteiger partial charge in [0.1, 0.15) is 0 Å². The summed E-state index contributed by atoms with van der Waals surface area (Å²) in [6.07, 6.45) is 7.03. The number of rotatable bonds is 3. The summed E-state index contributed by atoms with van der Waals surface area (Å²) in [4.78, 5) is 15.8. The summed E-state index contributed by atoms with van der Waals surface area (Å²) in [5, 5.41) is 9.47. The molecule has 0 aliphatic heterocycles. The Labute approximate surface area is 109 Å². The number of hydrogen-bond donors (Lipinski definition) is 1. The topological polar surface area (TPSA) is 50.2 Å². The average molecular weight is 298 g/mol. The maximum Gasteiger partial charge on any atom is 0.310 e. The van der Waals surface area contributed by atoms with E-state index >= 15 is 0 Å². The van der Waals surface area contributed by atoms with Crippen molar-refractivity contribution in [3.63, 3.8) is 0 Å². The number of aliphatic carboxylic acids is 1. The van der Waals surface area contributed by atoms with Crippen LogP contribution in [0.25, 0.3) is 0 Å². The van der Waals surface area contributed by atoms with Crippen molar-refractivity contribution in [1.82, 2.24) is 4.98 Å². The minimum Gasteiger partial charge on any atom is -0.481 e. The Morgan fingerprint density at radius 1 is 1.35 bits per heavy atom. The number of nitrogens with zero attached hydrogens (tertiary/aromatic N) is 1. The number of hydrogen-bond acceptors (Lipinski definition) is 2. The lowest BCUT2D eigenvalue weighted by atomic mass is 9.71. The number of aromatic nitrogens is 1. The van der Waals surface area contributed by atoms with E-state index in [-0.39, 0.29) is 0 Å². The minimum absolute atomic E-state index is 0.551. The molecule has 4 heteroatoms. The van der Waals surface area contributed by atoms with Gasteiger partial charge in [-0.15, -0.1) is 0 Å². The van der Waals surface area contributed by atoms with Gasteiger partial charge in [-0.25, -0.2) is 0 Å². The molecule has 1 heterocycles. The fourth-order valence-electron chi connectivity index (χ4n) is 2.55. The van der Waals surface area contributed by atoms with Crippen molar-refractivity contribution in [3.05, 3.63) is 28.5 Å². The molecule has 0 spiro atoms. The first-order chi connectivity index (χ1) is 8.12. The van der Waals surface area contributed by atoms with Crippen molar-refractivity contribution in [3.8, 4) is 0 Å². The normalized spacial score (nSPS) is 18.9. The molecular formula is C13H16BrNO2. The van der Waals surface area contributed by atoms with Gasteiger partial charge in [0.2, 0.25) is 0 Å². The SMILES string of the molecule is O=C(O)C1(Cc2ccc(Br)cn2)CCCCC1. The smallest absolute Gasteiger partial charge is 0.310 e. The standard InChI is InChI=1S/C13H16BrNO2/c14-10-4-5-11(15-9-10)8-13(12(16)17)6-2-1-3-7-13/h4-5,9H,1-3,6-8H2,(H,16,17). The minimum atomic E-state index is -0.665. The average Bonchev–Trinajstić information content (AvgIpc) is 2.33. The zero-order valence-electron chi connectivity index (χ0n) is 9.66. The van der Waals surface area contributed by atoms with Crippen LogP contribution in [0, 0.1) is 5.41 Å². The zero-order valence-corrected chi connectivity index (χ0v) is 11.2. The summed E-state index contributed by atoms with van der Waals surface area (Å²) in [7, 11) is 0. The molecule has 0 atom stereocenters. The Morgan fingerprint density at radius 2 is 2.06 bits per heavy atom. The van der Waals surface area contributed by atoms with Crippen molar-refractivity contribution in [2.24, 2.45) is 5.41 Å². The highest BCUT2D eigenvalue weighted by atomic mass is 79.9. The van der Waals surface area contributed by atoms with Gasteiger partial charge >= 0.3 is 5.97 Å². The maximum absolute atomic E-state index is 11.5. The molecule has 1 aromatic heterocycles. The fourth-order valence-corrected chi connectivity index (χ4v) is 2.79. The molecule has 1 fully saturated rings. The fraction of sp³-hybridized carbons (Fsp3) is 0.538. The largest absolute Gasteiger partial charge is 0.481 e. The third kappa shape index (κ3) is 2.86. The van der Waals surface area contributed by atoms with Crippen molar-refractivity contribution < 1.29 is 9.90 Å². The van der Waals surface area contributed by atoms with Crippen LogP contribution in [0.3, 0.4) is 0 Å². The number of carboxylic acids is 1. The number of carbonyl (C=O) groups is 1. The van der Waals surface area contributed by atoms with E-state index < -0.39 is 11.4 Å². The molecule has 3 nitrogen and oxygen atoms in total. The molecule has 1 N–H and O–H groups in total. The maximum atomic E-state index is 11.5. The molecule has 0 bridgehead atoms. The molecule has 2 rings (SSSR count). The molecule has 1 saturated carbocycles. The van der Waals surface area contributed by atoms with Gasteiger partial charge < -0.3 is 5.11 Å². The Balaban J connectivity index is 2.17. The van der Waals surface area contributed by atoms with Crippen molar-refractivity contribution >= 4 is 21.9 Å². The molecule has 92 valence electrons. The van der Waals surface area contributed by atoms with Crippen molar-refractivity contribution in [2.45, 2.75) is 38.5 Å². The van der Waals surface area contributed by atoms with Crippen LogP contribution in [0.5, 0.6) is 0 Å². The van der Waals surface area contributed by atoms with Gasteiger partial charge in [-0.05, 0) is 40.9 Å². The van der Waals surface area contributed by atoms with Crippen LogP contribution < -0.4 is 0 Å². The second-order valence-corrected chi connectivity index (χ2v) is 5.71. The Kier molecular flexibility index (Phi) is 3.82. The van der Waals surface area contributed by atoms with E-state index in [2.05, 4.69) is 20.9 Å². The van der Waals surface area contributed by atoms with E-state index in [1.165, 1.54) is 0 Å². The molecule has 0 radical (unpaired) electrons. The lowest BCUT2D eigenvalue weighted by molar-refractivity contribution is -0.151. The Bertz CT molecular complexity index is 396. The summed E-state index contributed by atoms with van der Waals surface area (Å²) in [5.74, 6) is -0.665. The van der Waals surface area contributed by atoms with Gasteiger partial charge in [0.05, 0.1) is 5.41 Å². The quantitative estimate of drug-likeness (QED) is 0.930. The molecule has 0 aromatic carbocycles. The predicted molar refractivity (Wildman–Crippen MR) is 68.8 cm³/mol. The second kappa shape index (κ2) is 5.17. The summed E-state index contributed by atoms with van der Waals surface area (Å²) in [6.45, 7) is 0. The molecular weight excluding hydrogens is 282 g/mol. The number of pyridine rings is 1. The molecule has 1 aromatic rings. The number of carboxylic acid groups (broad SMARTS) is 1. The Hall–Kier alpha value is -0.900. The molecule has 0 amide bonds. The van der Waals surface area contributed by atoms with Gasteiger partial charge in [0.15, 0.2) is 0 Å². The third-order valence-corrected chi connectivity index (χ3v) is 4.04. The van der Waals surface area contributed by atoms with Crippen LogP contribution in [-0.2, 0) is 11.2 Å². The summed E-state index contributed by atoms with van der Waals surface area (Å²) < 4.78 is 0.925. The van der Waals surface area contributed by atoms with Crippen molar-refractivity contribution in [1.29, 1.82) is 0 Å². The highest BCUT2D eigenvalue weighted by Crippen LogP contribution is 2.39.